The van der Waals surface area contributed by atoms with Crippen molar-refractivity contribution in [2.24, 2.45) is 0 Å². The number of hydrogen-bond acceptors (Lipinski definition) is 6. The average Bonchev–Trinajstić information content (AvgIpc) is 2.88. The number of nitrogens with one attached hydrogen (secondary N) is 1. The summed E-state index contributed by atoms with van der Waals surface area (Å²) in [5.41, 5.74) is 1.77. The number of hydrogen-bond donors (Lipinski definition) is 1. The highest BCUT2D eigenvalue weighted by Crippen LogP contribution is 2.32. The van der Waals surface area contributed by atoms with E-state index >= 15 is 0 Å². The molecule has 7 heteroatoms. The van der Waals surface area contributed by atoms with Gasteiger partial charge in [-0.15, -0.1) is 0 Å². The molecule has 0 saturated carbocycles. The summed E-state index contributed by atoms with van der Waals surface area (Å²) in [5, 5.41) is 3.14. The van der Waals surface area contributed by atoms with Crippen LogP contribution in [0.3, 0.4) is 0 Å². The van der Waals surface area contributed by atoms with E-state index in [0.717, 1.165) is 17.0 Å². The molecule has 1 amide bonds. The van der Waals surface area contributed by atoms with Crippen molar-refractivity contribution in [2.45, 2.75) is 0 Å². The first-order chi connectivity index (χ1) is 11.7. The molecular formula is C17H15N3O2S2. The molecule has 1 aromatic carbocycles. The monoisotopic (exact) mass is 357 g/mol. The summed E-state index contributed by atoms with van der Waals surface area (Å²) >= 11 is 6.62. The topological polar surface area (TPSA) is 54.5 Å². The van der Waals surface area contributed by atoms with E-state index in [1.54, 1.807) is 24.4 Å². The van der Waals surface area contributed by atoms with Crippen LogP contribution in [0.5, 0.6) is 5.75 Å². The maximum atomic E-state index is 12.5. The van der Waals surface area contributed by atoms with Gasteiger partial charge in [-0.1, -0.05) is 36.1 Å². The van der Waals surface area contributed by atoms with Crippen LogP contribution in [0.4, 0.5) is 5.69 Å². The van der Waals surface area contributed by atoms with Crippen LogP contribution in [-0.2, 0) is 4.79 Å². The Morgan fingerprint density at radius 3 is 2.79 bits per heavy atom. The van der Waals surface area contributed by atoms with Crippen LogP contribution in [0.15, 0.2) is 53.7 Å². The number of ether oxygens (including phenoxy) is 1. The molecule has 1 aromatic heterocycles. The Bertz CT molecular complexity index is 776. The number of carbonyl (C=O) groups is 1. The van der Waals surface area contributed by atoms with Crippen molar-refractivity contribution < 1.29 is 9.53 Å². The number of methoxy groups -OCH3 is 1. The molecule has 0 radical (unpaired) electrons. The molecule has 3 rings (SSSR count). The van der Waals surface area contributed by atoms with Crippen LogP contribution >= 0.6 is 24.0 Å². The second-order valence-electron chi connectivity index (χ2n) is 4.96. The zero-order valence-electron chi connectivity index (χ0n) is 12.9. The summed E-state index contributed by atoms with van der Waals surface area (Å²) in [4.78, 5) is 18.7. The first kappa shape index (κ1) is 16.5. The van der Waals surface area contributed by atoms with Gasteiger partial charge in [-0.3, -0.25) is 14.7 Å². The minimum Gasteiger partial charge on any atom is -0.497 e. The number of benzene rings is 1. The number of carbonyl (C=O) groups excluding carboxylic acids is 1. The van der Waals surface area contributed by atoms with Gasteiger partial charge in [0.2, 0.25) is 0 Å². The molecule has 0 aliphatic carbocycles. The molecule has 2 heterocycles. The Labute approximate surface area is 149 Å². The van der Waals surface area contributed by atoms with Gasteiger partial charge in [0.1, 0.15) is 10.1 Å². The number of nitrogens with zero attached hydrogens (tertiary/aromatic N) is 2. The van der Waals surface area contributed by atoms with Gasteiger partial charge in [-0.05, 0) is 35.9 Å². The molecule has 0 unspecified atom stereocenters. The van der Waals surface area contributed by atoms with Gasteiger partial charge in [-0.2, -0.15) is 0 Å². The van der Waals surface area contributed by atoms with Crippen LogP contribution in [0, 0.1) is 0 Å². The summed E-state index contributed by atoms with van der Waals surface area (Å²) in [5.74, 6) is 0.678. The number of amides is 1. The fraction of sp³-hybridized carbons (Fsp3) is 0.118. The molecule has 1 aliphatic rings. The Hall–Kier alpha value is -2.38. The normalized spacial score (nSPS) is 15.9. The van der Waals surface area contributed by atoms with Crippen LogP contribution < -0.4 is 10.1 Å². The van der Waals surface area contributed by atoms with Gasteiger partial charge < -0.3 is 10.1 Å². The molecule has 0 atom stereocenters. The van der Waals surface area contributed by atoms with Gasteiger partial charge in [-0.25, -0.2) is 0 Å². The predicted octanol–water partition coefficient (Wildman–Crippen LogP) is 3.36. The fourth-order valence-corrected chi connectivity index (χ4v) is 3.38. The first-order valence-electron chi connectivity index (χ1n) is 7.20. The molecule has 24 heavy (non-hydrogen) atoms. The number of thioether (sulfide) groups is 1. The van der Waals surface area contributed by atoms with Crippen molar-refractivity contribution in [2.75, 3.05) is 19.1 Å². The maximum Gasteiger partial charge on any atom is 0.267 e. The summed E-state index contributed by atoms with van der Waals surface area (Å²) in [6.45, 7) is 0.316. The minimum absolute atomic E-state index is 0.0998. The quantitative estimate of drug-likeness (QED) is 0.654. The lowest BCUT2D eigenvalue weighted by Crippen LogP contribution is -2.33. The van der Waals surface area contributed by atoms with Crippen molar-refractivity contribution >= 4 is 46.0 Å². The molecule has 0 spiro atoms. The van der Waals surface area contributed by atoms with Crippen molar-refractivity contribution in [1.82, 2.24) is 9.88 Å². The van der Waals surface area contributed by atoms with E-state index in [1.165, 1.54) is 11.8 Å². The summed E-state index contributed by atoms with van der Waals surface area (Å²) in [6, 6.07) is 11.2. The van der Waals surface area contributed by atoms with Crippen molar-refractivity contribution in [3.63, 3.8) is 0 Å². The van der Waals surface area contributed by atoms with E-state index in [-0.39, 0.29) is 5.91 Å². The summed E-state index contributed by atoms with van der Waals surface area (Å²) in [6.07, 6.45) is 5.23. The number of anilines is 1. The largest absolute Gasteiger partial charge is 0.497 e. The van der Waals surface area contributed by atoms with Crippen LogP contribution in [-0.4, -0.2) is 33.9 Å². The lowest BCUT2D eigenvalue weighted by Gasteiger charge is -2.15. The van der Waals surface area contributed by atoms with E-state index < -0.39 is 0 Å². The van der Waals surface area contributed by atoms with Gasteiger partial charge in [0, 0.05) is 12.4 Å². The number of rotatable bonds is 5. The molecule has 1 aliphatic heterocycles. The standard InChI is InChI=1S/C17H15N3O2S2/c1-22-14-6-4-12(5-7-14)9-15-16(21)20(17(23)24-15)11-19-13-3-2-8-18-10-13/h2-10,19H,11H2,1H3/b15-9+. The molecule has 5 nitrogen and oxygen atoms in total. The van der Waals surface area contributed by atoms with Gasteiger partial charge in [0.25, 0.3) is 5.91 Å². The molecule has 0 bridgehead atoms. The van der Waals surface area contributed by atoms with Gasteiger partial charge in [0.05, 0.1) is 24.4 Å². The number of thiocarbonyl (C=S) groups is 1. The molecule has 2 aromatic rings. The molecule has 122 valence electrons. The summed E-state index contributed by atoms with van der Waals surface area (Å²) in [7, 11) is 1.62. The third kappa shape index (κ3) is 3.74. The van der Waals surface area contributed by atoms with Gasteiger partial charge >= 0.3 is 0 Å². The van der Waals surface area contributed by atoms with Crippen molar-refractivity contribution in [3.05, 3.63) is 59.3 Å². The third-order valence-corrected chi connectivity index (χ3v) is 4.77. The first-order valence-corrected chi connectivity index (χ1v) is 8.43. The SMILES string of the molecule is COc1ccc(/C=C2/SC(=S)N(CNc3cccnc3)C2=O)cc1. The zero-order valence-corrected chi connectivity index (χ0v) is 14.6. The zero-order chi connectivity index (χ0) is 16.9. The summed E-state index contributed by atoms with van der Waals surface area (Å²) < 4.78 is 5.67. The lowest BCUT2D eigenvalue weighted by molar-refractivity contribution is -0.121. The van der Waals surface area contributed by atoms with E-state index in [2.05, 4.69) is 10.3 Å². The second kappa shape index (κ2) is 7.46. The lowest BCUT2D eigenvalue weighted by atomic mass is 10.2. The maximum absolute atomic E-state index is 12.5. The Morgan fingerprint density at radius 2 is 2.12 bits per heavy atom. The smallest absolute Gasteiger partial charge is 0.267 e. The van der Waals surface area contributed by atoms with E-state index in [0.29, 0.717) is 15.9 Å². The predicted molar refractivity (Wildman–Crippen MR) is 101 cm³/mol. The Morgan fingerprint density at radius 1 is 1.33 bits per heavy atom. The average molecular weight is 357 g/mol. The van der Waals surface area contributed by atoms with Gasteiger partial charge in [0.15, 0.2) is 0 Å². The van der Waals surface area contributed by atoms with E-state index in [4.69, 9.17) is 17.0 Å². The Kier molecular flexibility index (Phi) is 5.12. The third-order valence-electron chi connectivity index (χ3n) is 3.39. The molecule has 1 N–H and O–H groups in total. The highest BCUT2D eigenvalue weighted by atomic mass is 32.2. The van der Waals surface area contributed by atoms with Crippen LogP contribution in [0.2, 0.25) is 0 Å². The van der Waals surface area contributed by atoms with Crippen molar-refractivity contribution in [3.8, 4) is 5.75 Å². The van der Waals surface area contributed by atoms with E-state index in [1.807, 2.05) is 42.5 Å². The fourth-order valence-electron chi connectivity index (χ4n) is 2.13. The molecular weight excluding hydrogens is 342 g/mol. The molecule has 1 fully saturated rings. The minimum atomic E-state index is -0.0998. The highest BCUT2D eigenvalue weighted by Gasteiger charge is 2.31. The second-order valence-corrected chi connectivity index (χ2v) is 6.64. The van der Waals surface area contributed by atoms with Crippen LogP contribution in [0.25, 0.3) is 6.08 Å². The Balaban J connectivity index is 1.69. The number of pyridine rings is 1. The molecule has 1 saturated heterocycles. The van der Waals surface area contributed by atoms with Crippen LogP contribution in [0.1, 0.15) is 5.56 Å². The van der Waals surface area contributed by atoms with Crippen molar-refractivity contribution in [1.29, 1.82) is 0 Å². The highest BCUT2D eigenvalue weighted by molar-refractivity contribution is 8.26. The number of aromatic nitrogens is 1. The van der Waals surface area contributed by atoms with E-state index in [9.17, 15) is 4.79 Å².